The van der Waals surface area contributed by atoms with Gasteiger partial charge in [0.15, 0.2) is 0 Å². The average Bonchev–Trinajstić information content (AvgIpc) is 2.53. The molecule has 22 heavy (non-hydrogen) atoms. The second kappa shape index (κ2) is 6.90. The fourth-order valence-electron chi connectivity index (χ4n) is 2.93. The Morgan fingerprint density at radius 3 is 1.14 bits per heavy atom. The molecule has 0 amide bonds. The van der Waals surface area contributed by atoms with Crippen LogP contribution in [0.5, 0.6) is 0 Å². The highest BCUT2D eigenvalue weighted by Crippen LogP contribution is 1.94. The van der Waals surface area contributed by atoms with E-state index in [9.17, 15) is 0 Å². The van der Waals surface area contributed by atoms with Gasteiger partial charge in [-0.2, -0.15) is 0 Å². The van der Waals surface area contributed by atoms with Crippen LogP contribution in [0, 0.1) is 13.8 Å². The van der Waals surface area contributed by atoms with Gasteiger partial charge in [-0.15, -0.1) is 0 Å². The second-order valence-corrected chi connectivity index (χ2v) is 9.73. The molecular weight excluding hydrogens is 296 g/mol. The van der Waals surface area contributed by atoms with Crippen molar-refractivity contribution in [3.05, 3.63) is 83.9 Å². The van der Waals surface area contributed by atoms with Crippen molar-refractivity contribution >= 4 is 39.8 Å². The fourth-order valence-corrected chi connectivity index (χ4v) is 7.00. The topological polar surface area (TPSA) is 0 Å². The van der Waals surface area contributed by atoms with Crippen LogP contribution in [-0.4, -0.2) is 19.0 Å². The Hall–Kier alpha value is -1.91. The Morgan fingerprint density at radius 2 is 0.773 bits per heavy atom. The minimum absolute atomic E-state index is 0.385. The van der Waals surface area contributed by atoms with Crippen molar-refractivity contribution in [3.63, 3.8) is 0 Å². The minimum atomic E-state index is -0.385. The molecule has 0 unspecified atom stereocenters. The van der Waals surface area contributed by atoms with Gasteiger partial charge in [-0.1, -0.05) is 105 Å². The average molecular weight is 319 g/mol. The highest BCUT2D eigenvalue weighted by atomic mass is 28.2. The summed E-state index contributed by atoms with van der Waals surface area (Å²) in [5.74, 6) is 0. The molecule has 0 fully saturated rings. The van der Waals surface area contributed by atoms with E-state index in [0.717, 1.165) is 0 Å². The van der Waals surface area contributed by atoms with E-state index >= 15 is 0 Å². The normalized spacial score (nSPS) is 11.7. The second-order valence-electron chi connectivity index (χ2n) is 5.98. The quantitative estimate of drug-likeness (QED) is 0.616. The largest absolute Gasteiger partial charge is 0.0876 e. The van der Waals surface area contributed by atoms with Crippen LogP contribution in [0.3, 0.4) is 0 Å². The molecule has 0 radical (unpaired) electrons. The molecule has 110 valence electrons. The van der Waals surface area contributed by atoms with Gasteiger partial charge in [0, 0.05) is 0 Å². The molecule has 0 bridgehead atoms. The lowest BCUT2D eigenvalue weighted by molar-refractivity contribution is 1.51. The Kier molecular flexibility index (Phi) is 4.71. The first kappa shape index (κ1) is 15.0. The number of hydrogen-bond donors (Lipinski definition) is 0. The van der Waals surface area contributed by atoms with Crippen LogP contribution in [-0.2, 0) is 0 Å². The minimum Gasteiger partial charge on any atom is -0.0634 e. The summed E-state index contributed by atoms with van der Waals surface area (Å²) in [6.07, 6.45) is 0. The molecule has 3 aromatic carbocycles. The van der Waals surface area contributed by atoms with Crippen molar-refractivity contribution in [2.45, 2.75) is 13.8 Å². The molecule has 3 aromatic rings. The predicted molar refractivity (Wildman–Crippen MR) is 104 cm³/mol. The summed E-state index contributed by atoms with van der Waals surface area (Å²) < 4.78 is 0. The molecule has 0 aromatic heterocycles. The van der Waals surface area contributed by atoms with Gasteiger partial charge in [0.25, 0.3) is 0 Å². The van der Waals surface area contributed by atoms with Crippen molar-refractivity contribution in [1.82, 2.24) is 0 Å². The lowest BCUT2D eigenvalue weighted by Gasteiger charge is -2.12. The van der Waals surface area contributed by atoms with E-state index in [0.29, 0.717) is 0 Å². The third kappa shape index (κ3) is 3.46. The molecule has 0 saturated heterocycles. The lowest BCUT2D eigenvalue weighted by Crippen LogP contribution is -2.45. The maximum absolute atomic E-state index is 2.36. The first-order chi connectivity index (χ1) is 10.7. The predicted octanol–water partition coefficient (Wildman–Crippen LogP) is 0.543. The zero-order valence-electron chi connectivity index (χ0n) is 13.3. The Balaban J connectivity index is 1.91. The number of aryl methyl sites for hydroxylation is 2. The number of rotatable bonds is 4. The van der Waals surface area contributed by atoms with E-state index < -0.39 is 0 Å². The van der Waals surface area contributed by atoms with Crippen LogP contribution < -0.4 is 20.7 Å². The van der Waals surface area contributed by atoms with Gasteiger partial charge in [0.2, 0.25) is 0 Å². The molecule has 0 saturated carbocycles. The van der Waals surface area contributed by atoms with Gasteiger partial charge in [-0.3, -0.25) is 0 Å². The molecule has 0 aliphatic carbocycles. The van der Waals surface area contributed by atoms with Gasteiger partial charge in [0.1, 0.15) is 0 Å². The Morgan fingerprint density at radius 1 is 0.455 bits per heavy atom. The van der Waals surface area contributed by atoms with Crippen molar-refractivity contribution < 1.29 is 0 Å². The maximum Gasteiger partial charge on any atom is 0.0876 e. The fraction of sp³-hybridized carbons (Fsp3) is 0.100. The zero-order chi connectivity index (χ0) is 15.4. The highest BCUT2D eigenvalue weighted by Gasteiger charge is 2.08. The van der Waals surface area contributed by atoms with E-state index in [4.69, 9.17) is 0 Å². The van der Waals surface area contributed by atoms with Crippen molar-refractivity contribution in [3.8, 4) is 0 Å². The number of hydrogen-bond acceptors (Lipinski definition) is 0. The molecule has 3 rings (SSSR count). The summed E-state index contributed by atoms with van der Waals surface area (Å²) in [4.78, 5) is 0. The van der Waals surface area contributed by atoms with Crippen LogP contribution in [0.4, 0.5) is 0 Å². The highest BCUT2D eigenvalue weighted by molar-refractivity contribution is 6.78. The van der Waals surface area contributed by atoms with Gasteiger partial charge in [0.05, 0.1) is 19.0 Å². The molecule has 0 aliphatic heterocycles. The van der Waals surface area contributed by atoms with Gasteiger partial charge in [-0.05, 0) is 13.8 Å². The van der Waals surface area contributed by atoms with E-state index in [-0.39, 0.29) is 19.0 Å². The van der Waals surface area contributed by atoms with Crippen molar-refractivity contribution in [2.24, 2.45) is 0 Å². The summed E-state index contributed by atoms with van der Waals surface area (Å²) >= 11 is 0. The van der Waals surface area contributed by atoms with Gasteiger partial charge >= 0.3 is 0 Å². The monoisotopic (exact) mass is 318 g/mol. The van der Waals surface area contributed by atoms with Crippen LogP contribution >= 0.6 is 0 Å². The van der Waals surface area contributed by atoms with Crippen molar-refractivity contribution in [2.75, 3.05) is 0 Å². The van der Waals surface area contributed by atoms with Crippen molar-refractivity contribution in [1.29, 1.82) is 0 Å². The summed E-state index contributed by atoms with van der Waals surface area (Å²) in [5.41, 5.74) is 2.89. The zero-order valence-corrected chi connectivity index (χ0v) is 16.2. The van der Waals surface area contributed by atoms with Crippen LogP contribution in [0.2, 0.25) is 0 Å². The Bertz CT molecular complexity index is 711. The number of benzene rings is 3. The third-order valence-electron chi connectivity index (χ3n) is 4.40. The van der Waals surface area contributed by atoms with E-state index in [2.05, 4.69) is 86.6 Å². The van der Waals surface area contributed by atoms with E-state index in [1.165, 1.54) is 11.1 Å². The van der Waals surface area contributed by atoms with E-state index in [1.807, 2.05) is 0 Å². The summed E-state index contributed by atoms with van der Waals surface area (Å²) in [6.45, 7) is 4.48. The standard InChI is InChI=1S/C20H22Si2/c1-15-9-3-5-11-17(15)21-19-13-7-8-14-20(19)22-18-12-6-4-10-16(18)2/h3-14H,21-22H2,1-2H3. The summed E-state index contributed by atoms with van der Waals surface area (Å²) in [6, 6.07) is 26.9. The smallest absolute Gasteiger partial charge is 0.0634 e. The lowest BCUT2D eigenvalue weighted by atomic mass is 10.2. The van der Waals surface area contributed by atoms with E-state index in [1.54, 1.807) is 20.7 Å². The molecule has 0 aliphatic rings. The van der Waals surface area contributed by atoms with Gasteiger partial charge in [-0.25, -0.2) is 0 Å². The molecule has 0 N–H and O–H groups in total. The molecule has 0 spiro atoms. The summed E-state index contributed by atoms with van der Waals surface area (Å²) in [5, 5.41) is 6.42. The molecule has 0 atom stereocenters. The van der Waals surface area contributed by atoms with Crippen LogP contribution in [0.15, 0.2) is 72.8 Å². The molecule has 2 heteroatoms. The third-order valence-corrected chi connectivity index (χ3v) is 9.39. The SMILES string of the molecule is Cc1ccccc1[SiH2]c1ccccc1[SiH2]c1ccccc1C. The summed E-state index contributed by atoms with van der Waals surface area (Å²) in [7, 11) is -0.771. The molecule has 0 nitrogen and oxygen atoms in total. The maximum atomic E-state index is 2.36. The van der Waals surface area contributed by atoms with Crippen LogP contribution in [0.1, 0.15) is 11.1 Å². The molecular formula is C20H22Si2. The van der Waals surface area contributed by atoms with Gasteiger partial charge < -0.3 is 0 Å². The van der Waals surface area contributed by atoms with Crippen LogP contribution in [0.25, 0.3) is 0 Å². The molecule has 0 heterocycles. The first-order valence-corrected chi connectivity index (χ1v) is 10.7. The Labute approximate surface area is 137 Å². The first-order valence-electron chi connectivity index (χ1n) is 7.90.